The SMILES string of the molecule is C=CCOc1cccc(NC(=O)c2ccc(N(C)S(=O)(=O)c3ccc(Cl)cc3)cc2)c1. The minimum Gasteiger partial charge on any atom is -0.489 e. The molecule has 0 fully saturated rings. The van der Waals surface area contributed by atoms with E-state index in [1.54, 1.807) is 54.6 Å². The third-order valence-electron chi connectivity index (χ3n) is 4.42. The summed E-state index contributed by atoms with van der Waals surface area (Å²) in [6, 6.07) is 19.2. The molecule has 0 atom stereocenters. The molecule has 31 heavy (non-hydrogen) atoms. The van der Waals surface area contributed by atoms with E-state index < -0.39 is 10.0 Å². The summed E-state index contributed by atoms with van der Waals surface area (Å²) in [4.78, 5) is 12.7. The molecule has 1 N–H and O–H groups in total. The lowest BCUT2D eigenvalue weighted by Gasteiger charge is -2.20. The van der Waals surface area contributed by atoms with E-state index in [0.29, 0.717) is 34.3 Å². The molecule has 0 aliphatic carbocycles. The molecule has 1 amide bonds. The molecule has 0 aromatic heterocycles. The monoisotopic (exact) mass is 456 g/mol. The summed E-state index contributed by atoms with van der Waals surface area (Å²) in [5.74, 6) is 0.290. The van der Waals surface area contributed by atoms with Gasteiger partial charge in [0.05, 0.1) is 10.6 Å². The van der Waals surface area contributed by atoms with E-state index in [2.05, 4.69) is 11.9 Å². The van der Waals surface area contributed by atoms with Crippen LogP contribution in [0.3, 0.4) is 0 Å². The summed E-state index contributed by atoms with van der Waals surface area (Å²) in [6.45, 7) is 3.97. The van der Waals surface area contributed by atoms with Crippen LogP contribution in [0.15, 0.2) is 90.3 Å². The van der Waals surface area contributed by atoms with Gasteiger partial charge in [0, 0.05) is 29.4 Å². The Balaban J connectivity index is 1.72. The molecule has 0 saturated carbocycles. The van der Waals surface area contributed by atoms with Crippen molar-refractivity contribution in [3.8, 4) is 5.75 Å². The minimum absolute atomic E-state index is 0.125. The number of hydrogen-bond donors (Lipinski definition) is 1. The summed E-state index contributed by atoms with van der Waals surface area (Å²) in [5, 5.41) is 3.25. The van der Waals surface area contributed by atoms with E-state index >= 15 is 0 Å². The summed E-state index contributed by atoms with van der Waals surface area (Å²) >= 11 is 5.84. The van der Waals surface area contributed by atoms with E-state index in [1.165, 1.54) is 31.3 Å². The highest BCUT2D eigenvalue weighted by atomic mass is 35.5. The maximum absolute atomic E-state index is 12.8. The van der Waals surface area contributed by atoms with Crippen LogP contribution in [0, 0.1) is 0 Å². The van der Waals surface area contributed by atoms with Gasteiger partial charge in [-0.25, -0.2) is 8.42 Å². The molecule has 0 aliphatic rings. The summed E-state index contributed by atoms with van der Waals surface area (Å²) in [5.41, 5.74) is 1.39. The number of ether oxygens (including phenoxy) is 1. The van der Waals surface area contributed by atoms with Crippen molar-refractivity contribution in [2.24, 2.45) is 0 Å². The number of nitrogens with one attached hydrogen (secondary N) is 1. The van der Waals surface area contributed by atoms with Crippen molar-refractivity contribution in [1.82, 2.24) is 0 Å². The van der Waals surface area contributed by atoms with Gasteiger partial charge in [0.2, 0.25) is 0 Å². The van der Waals surface area contributed by atoms with Crippen LogP contribution in [0.5, 0.6) is 5.75 Å². The number of rotatable bonds is 8. The van der Waals surface area contributed by atoms with Crippen LogP contribution >= 0.6 is 11.6 Å². The number of hydrogen-bond acceptors (Lipinski definition) is 4. The van der Waals surface area contributed by atoms with Gasteiger partial charge in [-0.3, -0.25) is 9.10 Å². The van der Waals surface area contributed by atoms with Gasteiger partial charge in [0.15, 0.2) is 0 Å². The fraction of sp³-hybridized carbons (Fsp3) is 0.0870. The first kappa shape index (κ1) is 22.4. The molecule has 0 radical (unpaired) electrons. The first-order valence-electron chi connectivity index (χ1n) is 9.31. The smallest absolute Gasteiger partial charge is 0.264 e. The van der Waals surface area contributed by atoms with Crippen molar-refractivity contribution in [3.05, 3.63) is 96.0 Å². The van der Waals surface area contributed by atoms with Gasteiger partial charge in [-0.2, -0.15) is 0 Å². The van der Waals surface area contributed by atoms with Crippen molar-refractivity contribution in [1.29, 1.82) is 0 Å². The molecular weight excluding hydrogens is 436 g/mol. The zero-order valence-corrected chi connectivity index (χ0v) is 18.4. The molecule has 0 saturated heterocycles. The van der Waals surface area contributed by atoms with Crippen LogP contribution in [-0.4, -0.2) is 28.0 Å². The number of benzene rings is 3. The Bertz CT molecular complexity index is 1180. The summed E-state index contributed by atoms with van der Waals surface area (Å²) < 4.78 is 32.2. The van der Waals surface area contributed by atoms with Crippen LogP contribution in [0.1, 0.15) is 10.4 Å². The van der Waals surface area contributed by atoms with E-state index in [1.807, 2.05) is 0 Å². The number of carbonyl (C=O) groups is 1. The van der Waals surface area contributed by atoms with Crippen LogP contribution in [0.25, 0.3) is 0 Å². The molecule has 3 aromatic rings. The lowest BCUT2D eigenvalue weighted by molar-refractivity contribution is 0.102. The summed E-state index contributed by atoms with van der Waals surface area (Å²) in [7, 11) is -2.30. The van der Waals surface area contributed by atoms with E-state index in [9.17, 15) is 13.2 Å². The maximum atomic E-state index is 12.8. The van der Waals surface area contributed by atoms with Crippen molar-refractivity contribution >= 4 is 38.9 Å². The first-order chi connectivity index (χ1) is 14.8. The molecule has 0 heterocycles. The second kappa shape index (κ2) is 9.68. The molecule has 3 rings (SSSR count). The van der Waals surface area contributed by atoms with E-state index in [0.717, 1.165) is 4.31 Å². The van der Waals surface area contributed by atoms with Crippen molar-refractivity contribution in [3.63, 3.8) is 0 Å². The summed E-state index contributed by atoms with van der Waals surface area (Å²) in [6.07, 6.45) is 1.64. The Kier molecular flexibility index (Phi) is 6.99. The lowest BCUT2D eigenvalue weighted by Crippen LogP contribution is -2.26. The van der Waals surface area contributed by atoms with Gasteiger partial charge >= 0.3 is 0 Å². The molecule has 3 aromatic carbocycles. The predicted molar refractivity (Wildman–Crippen MR) is 124 cm³/mol. The maximum Gasteiger partial charge on any atom is 0.264 e. The second-order valence-corrected chi connectivity index (χ2v) is 8.96. The largest absolute Gasteiger partial charge is 0.489 e. The molecule has 160 valence electrons. The average Bonchev–Trinajstić information content (AvgIpc) is 2.78. The average molecular weight is 457 g/mol. The Labute approximate surface area is 186 Å². The molecule has 0 spiro atoms. The Morgan fingerprint density at radius 1 is 1.10 bits per heavy atom. The number of sulfonamides is 1. The molecule has 0 aliphatic heterocycles. The minimum atomic E-state index is -3.75. The van der Waals surface area contributed by atoms with Crippen LogP contribution in [0.2, 0.25) is 5.02 Å². The van der Waals surface area contributed by atoms with Crippen LogP contribution < -0.4 is 14.4 Å². The lowest BCUT2D eigenvalue weighted by atomic mass is 10.2. The number of carbonyl (C=O) groups excluding carboxylic acids is 1. The molecule has 8 heteroatoms. The van der Waals surface area contributed by atoms with Gasteiger partial charge in [-0.05, 0) is 60.7 Å². The second-order valence-electron chi connectivity index (χ2n) is 6.55. The number of anilines is 2. The number of nitrogens with zero attached hydrogens (tertiary/aromatic N) is 1. The zero-order valence-electron chi connectivity index (χ0n) is 16.8. The molecular formula is C23H21ClN2O4S. The third kappa shape index (κ3) is 5.45. The fourth-order valence-electron chi connectivity index (χ4n) is 2.75. The van der Waals surface area contributed by atoms with E-state index in [-0.39, 0.29) is 10.8 Å². The first-order valence-corrected chi connectivity index (χ1v) is 11.1. The molecule has 0 unspecified atom stereocenters. The topological polar surface area (TPSA) is 75.7 Å². The van der Waals surface area contributed by atoms with Crippen LogP contribution in [-0.2, 0) is 10.0 Å². The van der Waals surface area contributed by atoms with Crippen molar-refractivity contribution in [2.45, 2.75) is 4.90 Å². The van der Waals surface area contributed by atoms with Gasteiger partial charge in [-0.1, -0.05) is 30.3 Å². The Morgan fingerprint density at radius 2 is 1.77 bits per heavy atom. The van der Waals surface area contributed by atoms with Gasteiger partial charge in [0.1, 0.15) is 12.4 Å². The normalized spacial score (nSPS) is 10.9. The fourth-order valence-corrected chi connectivity index (χ4v) is 4.07. The van der Waals surface area contributed by atoms with Crippen LogP contribution in [0.4, 0.5) is 11.4 Å². The Hall–Kier alpha value is -3.29. The molecule has 0 bridgehead atoms. The zero-order chi connectivity index (χ0) is 22.4. The highest BCUT2D eigenvalue weighted by Crippen LogP contribution is 2.24. The number of halogens is 1. The van der Waals surface area contributed by atoms with Gasteiger partial charge < -0.3 is 10.1 Å². The molecule has 6 nitrogen and oxygen atoms in total. The highest BCUT2D eigenvalue weighted by molar-refractivity contribution is 7.92. The number of amides is 1. The van der Waals surface area contributed by atoms with Gasteiger partial charge in [0.25, 0.3) is 15.9 Å². The quantitative estimate of drug-likeness (QED) is 0.485. The standard InChI is InChI=1S/C23H21ClN2O4S/c1-3-15-30-21-6-4-5-19(16-21)25-23(27)17-7-11-20(12-8-17)26(2)31(28,29)22-13-9-18(24)10-14-22/h3-14,16H,1,15H2,2H3,(H,25,27). The van der Waals surface area contributed by atoms with Gasteiger partial charge in [-0.15, -0.1) is 0 Å². The predicted octanol–water partition coefficient (Wildman–Crippen LogP) is 4.98. The van der Waals surface area contributed by atoms with Crippen molar-refractivity contribution in [2.75, 3.05) is 23.3 Å². The van der Waals surface area contributed by atoms with E-state index in [4.69, 9.17) is 16.3 Å². The Morgan fingerprint density at radius 3 is 2.42 bits per heavy atom. The van der Waals surface area contributed by atoms with Crippen molar-refractivity contribution < 1.29 is 17.9 Å². The third-order valence-corrected chi connectivity index (χ3v) is 6.48. The highest BCUT2D eigenvalue weighted by Gasteiger charge is 2.21.